The minimum absolute atomic E-state index is 0.0257. The largest absolute Gasteiger partial charge is 0.507 e. The molecule has 0 aliphatic carbocycles. The number of phenolic OH excluding ortho intramolecular Hbond substituents is 1. The molecule has 3 rings (SSSR count). The third-order valence-electron chi connectivity index (χ3n) is 3.79. The van der Waals surface area contributed by atoms with E-state index in [9.17, 15) is 20.0 Å². The number of ketones is 1. The lowest BCUT2D eigenvalue weighted by Gasteiger charge is -2.13. The summed E-state index contributed by atoms with van der Waals surface area (Å²) in [7, 11) is 3.70. The summed E-state index contributed by atoms with van der Waals surface area (Å²) in [5.41, 5.74) is 1.52. The summed E-state index contributed by atoms with van der Waals surface area (Å²) in [5.74, 6) is 0.256. The van der Waals surface area contributed by atoms with E-state index in [2.05, 4.69) is 0 Å². The number of phenols is 1. The Morgan fingerprint density at radius 1 is 1.20 bits per heavy atom. The number of carbonyl (C=O) groups is 1. The summed E-state index contributed by atoms with van der Waals surface area (Å²) >= 11 is 0. The van der Waals surface area contributed by atoms with Gasteiger partial charge in [-0.05, 0) is 50.0 Å². The van der Waals surface area contributed by atoms with E-state index in [4.69, 9.17) is 4.74 Å². The van der Waals surface area contributed by atoms with E-state index in [1.165, 1.54) is 30.3 Å². The van der Waals surface area contributed by atoms with Crippen LogP contribution in [-0.4, -0.2) is 34.8 Å². The lowest BCUT2D eigenvalue weighted by atomic mass is 10.0. The fourth-order valence-corrected chi connectivity index (χ4v) is 2.61. The number of hydrogen-bond donors (Lipinski definition) is 1. The Bertz CT molecular complexity index is 885. The van der Waals surface area contributed by atoms with Gasteiger partial charge in [0.2, 0.25) is 5.78 Å². The summed E-state index contributed by atoms with van der Waals surface area (Å²) in [6, 6.07) is 8.83. The van der Waals surface area contributed by atoms with Crippen molar-refractivity contribution < 1.29 is 19.6 Å². The van der Waals surface area contributed by atoms with Crippen LogP contribution in [0, 0.1) is 10.1 Å². The number of aromatic hydroxyl groups is 1. The van der Waals surface area contributed by atoms with E-state index in [0.29, 0.717) is 29.0 Å². The Kier molecular flexibility index (Phi) is 4.24. The van der Waals surface area contributed by atoms with Gasteiger partial charge < -0.3 is 14.7 Å². The molecule has 0 radical (unpaired) electrons. The highest BCUT2D eigenvalue weighted by atomic mass is 16.6. The maximum Gasteiger partial charge on any atom is 0.269 e. The third kappa shape index (κ3) is 3.22. The number of nitro benzene ring substituents is 1. The molecule has 0 atom stereocenters. The molecule has 7 heteroatoms. The fraction of sp³-hybridized carbons (Fsp3) is 0.167. The van der Waals surface area contributed by atoms with Crippen LogP contribution in [-0.2, 0) is 6.54 Å². The predicted octanol–water partition coefficient (Wildman–Crippen LogP) is 2.98. The number of allylic oxidation sites excluding steroid dienone is 1. The van der Waals surface area contributed by atoms with E-state index in [1.807, 2.05) is 19.0 Å². The molecule has 1 aliphatic rings. The molecule has 2 aromatic rings. The Balaban J connectivity index is 1.95. The monoisotopic (exact) mass is 340 g/mol. The van der Waals surface area contributed by atoms with Crippen molar-refractivity contribution in [3.63, 3.8) is 0 Å². The van der Waals surface area contributed by atoms with Crippen molar-refractivity contribution in [2.24, 2.45) is 0 Å². The minimum Gasteiger partial charge on any atom is -0.507 e. The fourth-order valence-electron chi connectivity index (χ4n) is 2.61. The molecule has 0 bridgehead atoms. The molecular weight excluding hydrogens is 324 g/mol. The minimum atomic E-state index is -0.486. The molecule has 25 heavy (non-hydrogen) atoms. The molecule has 7 nitrogen and oxygen atoms in total. The number of hydrogen-bond acceptors (Lipinski definition) is 6. The number of carbonyl (C=O) groups excluding carboxylic acids is 1. The molecule has 128 valence electrons. The number of nitrogens with zero attached hydrogens (tertiary/aromatic N) is 2. The lowest BCUT2D eigenvalue weighted by Crippen LogP contribution is -2.11. The molecule has 0 unspecified atom stereocenters. The van der Waals surface area contributed by atoms with Gasteiger partial charge in [0, 0.05) is 18.7 Å². The second-order valence-electron chi connectivity index (χ2n) is 5.97. The highest BCUT2D eigenvalue weighted by Gasteiger charge is 2.31. The van der Waals surface area contributed by atoms with E-state index in [-0.39, 0.29) is 23.0 Å². The number of non-ortho nitro benzene ring substituents is 1. The molecule has 0 fully saturated rings. The maximum atomic E-state index is 12.5. The van der Waals surface area contributed by atoms with Gasteiger partial charge in [0.05, 0.1) is 16.1 Å². The Morgan fingerprint density at radius 3 is 2.48 bits per heavy atom. The quantitative estimate of drug-likeness (QED) is 0.522. The van der Waals surface area contributed by atoms with Gasteiger partial charge in [0.25, 0.3) is 5.69 Å². The Morgan fingerprint density at radius 2 is 1.88 bits per heavy atom. The van der Waals surface area contributed by atoms with Gasteiger partial charge in [-0.3, -0.25) is 14.9 Å². The van der Waals surface area contributed by atoms with Crippen molar-refractivity contribution >= 4 is 17.5 Å². The van der Waals surface area contributed by atoms with Gasteiger partial charge in [0.15, 0.2) is 5.76 Å². The number of ether oxygens (including phenoxy) is 1. The van der Waals surface area contributed by atoms with E-state index in [1.54, 1.807) is 12.1 Å². The highest BCUT2D eigenvalue weighted by Crippen LogP contribution is 2.39. The lowest BCUT2D eigenvalue weighted by molar-refractivity contribution is -0.384. The standard InChI is InChI=1S/C18H16N2O5/c1-19(2)10-14-15(21)8-7-13-17(22)16(25-18(13)14)9-11-3-5-12(6-4-11)20(23)24/h3-9,21H,10H2,1-2H3. The molecule has 0 saturated heterocycles. The summed E-state index contributed by atoms with van der Waals surface area (Å²) in [5, 5.41) is 20.8. The van der Waals surface area contributed by atoms with Gasteiger partial charge in [-0.1, -0.05) is 0 Å². The molecule has 0 amide bonds. The Hall–Kier alpha value is -3.19. The average molecular weight is 340 g/mol. The summed E-state index contributed by atoms with van der Waals surface area (Å²) < 4.78 is 5.70. The molecule has 0 aromatic heterocycles. The second-order valence-corrected chi connectivity index (χ2v) is 5.97. The van der Waals surface area contributed by atoms with Crippen LogP contribution in [0.2, 0.25) is 0 Å². The normalized spacial score (nSPS) is 14.7. The molecule has 1 aliphatic heterocycles. The summed E-state index contributed by atoms with van der Waals surface area (Å²) in [6.07, 6.45) is 1.53. The molecule has 2 aromatic carbocycles. The first-order chi connectivity index (χ1) is 11.9. The number of fused-ring (bicyclic) bond motifs is 1. The number of Topliss-reactive ketones (excluding diaryl/α,β-unsaturated/α-hetero) is 1. The smallest absolute Gasteiger partial charge is 0.269 e. The van der Waals surface area contributed by atoms with Crippen LogP contribution < -0.4 is 4.74 Å². The molecule has 1 heterocycles. The zero-order valence-corrected chi connectivity index (χ0v) is 13.7. The van der Waals surface area contributed by atoms with Crippen molar-refractivity contribution in [3.05, 3.63) is 69.0 Å². The zero-order chi connectivity index (χ0) is 18.1. The van der Waals surface area contributed by atoms with Gasteiger partial charge in [-0.25, -0.2) is 0 Å². The highest BCUT2D eigenvalue weighted by molar-refractivity contribution is 6.15. The Labute approximate surface area is 143 Å². The van der Waals surface area contributed by atoms with Crippen LogP contribution in [0.1, 0.15) is 21.5 Å². The first-order valence-electron chi connectivity index (χ1n) is 7.55. The van der Waals surface area contributed by atoms with Gasteiger partial charge in [-0.15, -0.1) is 0 Å². The van der Waals surface area contributed by atoms with Gasteiger partial charge in [0.1, 0.15) is 11.5 Å². The van der Waals surface area contributed by atoms with E-state index >= 15 is 0 Å². The predicted molar refractivity (Wildman–Crippen MR) is 91.5 cm³/mol. The van der Waals surface area contributed by atoms with Crippen molar-refractivity contribution in [2.45, 2.75) is 6.54 Å². The van der Waals surface area contributed by atoms with E-state index < -0.39 is 4.92 Å². The van der Waals surface area contributed by atoms with Crippen LogP contribution in [0.5, 0.6) is 11.5 Å². The first kappa shape index (κ1) is 16.7. The van der Waals surface area contributed by atoms with Gasteiger partial charge in [-0.2, -0.15) is 0 Å². The topological polar surface area (TPSA) is 92.9 Å². The van der Waals surface area contributed by atoms with Crippen LogP contribution in [0.3, 0.4) is 0 Å². The zero-order valence-electron chi connectivity index (χ0n) is 13.7. The van der Waals surface area contributed by atoms with Crippen LogP contribution in [0.15, 0.2) is 42.2 Å². The number of rotatable bonds is 4. The molecule has 0 saturated carbocycles. The third-order valence-corrected chi connectivity index (χ3v) is 3.79. The van der Waals surface area contributed by atoms with Crippen molar-refractivity contribution in [1.29, 1.82) is 0 Å². The van der Waals surface area contributed by atoms with Crippen molar-refractivity contribution in [3.8, 4) is 11.5 Å². The van der Waals surface area contributed by atoms with Crippen molar-refractivity contribution in [2.75, 3.05) is 14.1 Å². The van der Waals surface area contributed by atoms with Crippen molar-refractivity contribution in [1.82, 2.24) is 4.90 Å². The SMILES string of the molecule is CN(C)Cc1c(O)ccc2c1OC(=Cc1ccc([N+](=O)[O-])cc1)C2=O. The summed E-state index contributed by atoms with van der Waals surface area (Å²) in [4.78, 5) is 24.6. The van der Waals surface area contributed by atoms with Gasteiger partial charge >= 0.3 is 0 Å². The molecular formula is C18H16N2O5. The van der Waals surface area contributed by atoms with Crippen LogP contribution >= 0.6 is 0 Å². The number of nitro groups is 1. The van der Waals surface area contributed by atoms with E-state index in [0.717, 1.165) is 0 Å². The maximum absolute atomic E-state index is 12.5. The molecule has 1 N–H and O–H groups in total. The van der Waals surface area contributed by atoms with Crippen LogP contribution in [0.4, 0.5) is 5.69 Å². The summed E-state index contributed by atoms with van der Waals surface area (Å²) in [6.45, 7) is 0.424. The average Bonchev–Trinajstić information content (AvgIpc) is 2.87. The first-order valence-corrected chi connectivity index (χ1v) is 7.55. The number of benzene rings is 2. The molecule has 0 spiro atoms. The second kappa shape index (κ2) is 6.37. The van der Waals surface area contributed by atoms with Crippen LogP contribution in [0.25, 0.3) is 6.08 Å².